The number of hydrogen-bond donors (Lipinski definition) is 1. The maximum atomic E-state index is 10.8. The van der Waals surface area contributed by atoms with Crippen LogP contribution in [0.25, 0.3) is 11.3 Å². The molecule has 1 aromatic heterocycles. The van der Waals surface area contributed by atoms with Gasteiger partial charge >= 0.3 is 5.97 Å². The van der Waals surface area contributed by atoms with Gasteiger partial charge in [0, 0.05) is 11.6 Å². The number of carboxylic acids is 1. The molecule has 1 fully saturated rings. The summed E-state index contributed by atoms with van der Waals surface area (Å²) in [5, 5.41) is 12.6. The van der Waals surface area contributed by atoms with Crippen molar-refractivity contribution >= 4 is 5.97 Å². The van der Waals surface area contributed by atoms with Crippen molar-refractivity contribution in [2.75, 3.05) is 0 Å². The molecule has 3 rings (SSSR count). The minimum Gasteiger partial charge on any atom is -0.490 e. The van der Waals surface area contributed by atoms with Gasteiger partial charge in [-0.1, -0.05) is 17.3 Å². The molecule has 20 heavy (non-hydrogen) atoms. The number of ether oxygens (including phenoxy) is 1. The van der Waals surface area contributed by atoms with E-state index in [1.165, 1.54) is 18.9 Å². The third-order valence-electron chi connectivity index (χ3n) is 3.46. The van der Waals surface area contributed by atoms with Crippen molar-refractivity contribution in [3.8, 4) is 17.0 Å². The molecule has 0 saturated heterocycles. The molecule has 0 radical (unpaired) electrons. The van der Waals surface area contributed by atoms with Gasteiger partial charge in [0.1, 0.15) is 11.4 Å². The maximum Gasteiger partial charge on any atom is 0.374 e. The zero-order valence-corrected chi connectivity index (χ0v) is 10.9. The van der Waals surface area contributed by atoms with E-state index in [0.717, 1.165) is 24.2 Å². The van der Waals surface area contributed by atoms with E-state index in [1.54, 1.807) is 0 Å². The average Bonchev–Trinajstić information content (AvgIpc) is 3.09. The van der Waals surface area contributed by atoms with E-state index in [0.29, 0.717) is 5.69 Å². The van der Waals surface area contributed by atoms with Gasteiger partial charge in [0.15, 0.2) is 0 Å². The fourth-order valence-electron chi connectivity index (χ4n) is 2.44. The molecule has 5 heteroatoms. The number of carboxylic acid groups (broad SMARTS) is 1. The first-order valence-corrected chi connectivity index (χ1v) is 6.69. The van der Waals surface area contributed by atoms with Gasteiger partial charge < -0.3 is 14.4 Å². The molecule has 2 aromatic rings. The van der Waals surface area contributed by atoms with Crippen molar-refractivity contribution < 1.29 is 19.2 Å². The summed E-state index contributed by atoms with van der Waals surface area (Å²) in [5.74, 6) is -0.501. The lowest BCUT2D eigenvalue weighted by Gasteiger charge is -2.13. The van der Waals surface area contributed by atoms with Crippen LogP contribution in [0.15, 0.2) is 34.9 Å². The second-order valence-corrected chi connectivity index (χ2v) is 4.93. The third-order valence-corrected chi connectivity index (χ3v) is 3.46. The number of benzene rings is 1. The van der Waals surface area contributed by atoms with Gasteiger partial charge in [-0.2, -0.15) is 0 Å². The Kier molecular flexibility index (Phi) is 3.41. The summed E-state index contributed by atoms with van der Waals surface area (Å²) in [7, 11) is 0. The van der Waals surface area contributed by atoms with Gasteiger partial charge in [0.2, 0.25) is 5.76 Å². The molecular formula is C15H15NO4. The lowest BCUT2D eigenvalue weighted by atomic mass is 10.1. The minimum atomic E-state index is -1.12. The average molecular weight is 273 g/mol. The maximum absolute atomic E-state index is 10.8. The number of hydrogen-bond acceptors (Lipinski definition) is 4. The Morgan fingerprint density at radius 1 is 1.30 bits per heavy atom. The number of nitrogens with zero attached hydrogens (tertiary/aromatic N) is 1. The second kappa shape index (κ2) is 5.36. The van der Waals surface area contributed by atoms with E-state index in [-0.39, 0.29) is 11.9 Å². The molecule has 1 aromatic carbocycles. The first-order chi connectivity index (χ1) is 9.72. The van der Waals surface area contributed by atoms with E-state index in [1.807, 2.05) is 24.3 Å². The quantitative estimate of drug-likeness (QED) is 0.924. The highest BCUT2D eigenvalue weighted by atomic mass is 16.5. The van der Waals surface area contributed by atoms with Gasteiger partial charge in [0.05, 0.1) is 6.10 Å². The monoisotopic (exact) mass is 273 g/mol. The van der Waals surface area contributed by atoms with Crippen LogP contribution in [0.2, 0.25) is 0 Å². The number of aromatic nitrogens is 1. The topological polar surface area (TPSA) is 72.6 Å². The van der Waals surface area contributed by atoms with Crippen LogP contribution in [-0.4, -0.2) is 22.3 Å². The third kappa shape index (κ3) is 2.66. The standard InChI is InChI=1S/C15H15NO4/c17-15(18)14-9-13(16-20-14)10-4-3-7-12(8-10)19-11-5-1-2-6-11/h3-4,7-9,11H,1-2,5-6H2,(H,17,18). The summed E-state index contributed by atoms with van der Waals surface area (Å²) < 4.78 is 10.7. The van der Waals surface area contributed by atoms with Crippen LogP contribution in [0, 0.1) is 0 Å². The molecule has 1 N–H and O–H groups in total. The van der Waals surface area contributed by atoms with Crippen molar-refractivity contribution in [3.63, 3.8) is 0 Å². The van der Waals surface area contributed by atoms with Crippen LogP contribution >= 0.6 is 0 Å². The molecule has 1 saturated carbocycles. The van der Waals surface area contributed by atoms with Crippen molar-refractivity contribution in [1.29, 1.82) is 0 Å². The zero-order chi connectivity index (χ0) is 13.9. The first kappa shape index (κ1) is 12.7. The Hall–Kier alpha value is -2.30. The summed E-state index contributed by atoms with van der Waals surface area (Å²) in [6, 6.07) is 8.90. The highest BCUT2D eigenvalue weighted by Crippen LogP contribution is 2.27. The molecule has 0 bridgehead atoms. The van der Waals surface area contributed by atoms with E-state index >= 15 is 0 Å². The van der Waals surface area contributed by atoms with Crippen molar-refractivity contribution in [2.45, 2.75) is 31.8 Å². The molecule has 0 aliphatic heterocycles. The summed E-state index contributed by atoms with van der Waals surface area (Å²) in [6.07, 6.45) is 4.91. The normalized spacial score (nSPS) is 15.4. The van der Waals surface area contributed by atoms with Crippen LogP contribution in [0.1, 0.15) is 36.2 Å². The predicted octanol–water partition coefficient (Wildman–Crippen LogP) is 3.36. The number of carbonyl (C=O) groups is 1. The fourth-order valence-corrected chi connectivity index (χ4v) is 2.44. The Balaban J connectivity index is 1.80. The summed E-state index contributed by atoms with van der Waals surface area (Å²) in [6.45, 7) is 0. The molecule has 0 amide bonds. The molecular weight excluding hydrogens is 258 g/mol. The predicted molar refractivity (Wildman–Crippen MR) is 71.8 cm³/mol. The van der Waals surface area contributed by atoms with E-state index in [4.69, 9.17) is 14.4 Å². The van der Waals surface area contributed by atoms with E-state index < -0.39 is 5.97 Å². The molecule has 1 heterocycles. The molecule has 5 nitrogen and oxygen atoms in total. The SMILES string of the molecule is O=C(O)c1cc(-c2cccc(OC3CCCC3)c2)no1. The van der Waals surface area contributed by atoms with Gasteiger partial charge in [-0.05, 0) is 37.8 Å². The molecule has 1 aliphatic rings. The van der Waals surface area contributed by atoms with Gasteiger partial charge in [0.25, 0.3) is 0 Å². The van der Waals surface area contributed by atoms with Crippen LogP contribution in [-0.2, 0) is 0 Å². The van der Waals surface area contributed by atoms with E-state index in [9.17, 15) is 4.79 Å². The van der Waals surface area contributed by atoms with Gasteiger partial charge in [-0.25, -0.2) is 4.79 Å². The molecule has 1 aliphatic carbocycles. The lowest BCUT2D eigenvalue weighted by molar-refractivity contribution is 0.0652. The van der Waals surface area contributed by atoms with Crippen LogP contribution in [0.4, 0.5) is 0 Å². The lowest BCUT2D eigenvalue weighted by Crippen LogP contribution is -2.10. The minimum absolute atomic E-state index is 0.165. The summed E-state index contributed by atoms with van der Waals surface area (Å²) >= 11 is 0. The highest BCUT2D eigenvalue weighted by molar-refractivity contribution is 5.85. The largest absolute Gasteiger partial charge is 0.490 e. The summed E-state index contributed by atoms with van der Waals surface area (Å²) in [5.41, 5.74) is 1.29. The molecule has 0 spiro atoms. The highest BCUT2D eigenvalue weighted by Gasteiger charge is 2.17. The number of aromatic carboxylic acids is 1. The van der Waals surface area contributed by atoms with Crippen molar-refractivity contribution in [2.24, 2.45) is 0 Å². The van der Waals surface area contributed by atoms with Gasteiger partial charge in [-0.15, -0.1) is 0 Å². The second-order valence-electron chi connectivity index (χ2n) is 4.93. The van der Waals surface area contributed by atoms with E-state index in [2.05, 4.69) is 5.16 Å². The van der Waals surface area contributed by atoms with Crippen molar-refractivity contribution in [3.05, 3.63) is 36.1 Å². The Morgan fingerprint density at radius 3 is 2.80 bits per heavy atom. The number of rotatable bonds is 4. The summed E-state index contributed by atoms with van der Waals surface area (Å²) in [4.78, 5) is 10.8. The Morgan fingerprint density at radius 2 is 2.10 bits per heavy atom. The molecule has 0 unspecified atom stereocenters. The Labute approximate surface area is 116 Å². The fraction of sp³-hybridized carbons (Fsp3) is 0.333. The molecule has 104 valence electrons. The van der Waals surface area contributed by atoms with Crippen molar-refractivity contribution in [1.82, 2.24) is 5.16 Å². The smallest absolute Gasteiger partial charge is 0.374 e. The van der Waals surface area contributed by atoms with Crippen LogP contribution < -0.4 is 4.74 Å². The zero-order valence-electron chi connectivity index (χ0n) is 10.9. The molecule has 0 atom stereocenters. The van der Waals surface area contributed by atoms with Gasteiger partial charge in [-0.3, -0.25) is 0 Å². The Bertz CT molecular complexity index is 614. The van der Waals surface area contributed by atoms with Crippen LogP contribution in [0.3, 0.4) is 0 Å². The first-order valence-electron chi connectivity index (χ1n) is 6.69. The van der Waals surface area contributed by atoms with Crippen LogP contribution in [0.5, 0.6) is 5.75 Å².